The van der Waals surface area contributed by atoms with Crippen molar-refractivity contribution in [3.05, 3.63) is 66.2 Å². The van der Waals surface area contributed by atoms with E-state index < -0.39 is 0 Å². The summed E-state index contributed by atoms with van der Waals surface area (Å²) in [7, 11) is 1.69. The molecule has 0 atom stereocenters. The number of hydrogen-bond donors (Lipinski definition) is 2. The quantitative estimate of drug-likeness (QED) is 0.548. The van der Waals surface area contributed by atoms with Gasteiger partial charge >= 0.3 is 0 Å². The second-order valence-corrected chi connectivity index (χ2v) is 6.61. The third-order valence-electron chi connectivity index (χ3n) is 4.24. The lowest BCUT2D eigenvalue weighted by Crippen LogP contribution is -2.10. The first-order valence-electron chi connectivity index (χ1n) is 9.20. The van der Waals surface area contributed by atoms with Crippen molar-refractivity contribution >= 4 is 17.5 Å². The number of ether oxygens (including phenoxy) is 1. The van der Waals surface area contributed by atoms with Crippen molar-refractivity contribution in [3.63, 3.8) is 0 Å². The first-order chi connectivity index (χ1) is 13.2. The first kappa shape index (κ1) is 18.9. The fraction of sp³-hybridized carbons (Fsp3) is 0.273. The highest BCUT2D eigenvalue weighted by atomic mass is 16.5. The van der Waals surface area contributed by atoms with Crippen molar-refractivity contribution in [2.45, 2.75) is 19.8 Å². The lowest BCUT2D eigenvalue weighted by atomic mass is 10.0. The average Bonchev–Trinajstić information content (AvgIpc) is 2.69. The molecule has 2 N–H and O–H groups in total. The lowest BCUT2D eigenvalue weighted by Gasteiger charge is -2.15. The minimum absolute atomic E-state index is 0.408. The number of aromatic nitrogens is 2. The summed E-state index contributed by atoms with van der Waals surface area (Å²) in [4.78, 5) is 9.37. The molecule has 0 spiro atoms. The Balaban J connectivity index is 1.95. The zero-order valence-corrected chi connectivity index (χ0v) is 16.1. The van der Waals surface area contributed by atoms with Gasteiger partial charge in [-0.2, -0.15) is 4.98 Å². The fourth-order valence-electron chi connectivity index (χ4n) is 2.87. The van der Waals surface area contributed by atoms with Gasteiger partial charge in [0.25, 0.3) is 0 Å². The van der Waals surface area contributed by atoms with E-state index in [1.807, 2.05) is 42.5 Å². The maximum atomic E-state index is 5.12. The van der Waals surface area contributed by atoms with E-state index in [1.54, 1.807) is 7.11 Å². The molecule has 5 heteroatoms. The molecule has 2 aromatic carbocycles. The van der Waals surface area contributed by atoms with Crippen LogP contribution in [0.2, 0.25) is 0 Å². The van der Waals surface area contributed by atoms with Crippen LogP contribution in [0.15, 0.2) is 60.7 Å². The van der Waals surface area contributed by atoms with Gasteiger partial charge in [0, 0.05) is 31.0 Å². The van der Waals surface area contributed by atoms with Gasteiger partial charge < -0.3 is 15.4 Å². The van der Waals surface area contributed by atoms with E-state index in [2.05, 4.69) is 47.7 Å². The molecule has 0 radical (unpaired) electrons. The highest BCUT2D eigenvalue weighted by Crippen LogP contribution is 2.27. The van der Waals surface area contributed by atoms with Gasteiger partial charge in [-0.1, -0.05) is 62.4 Å². The van der Waals surface area contributed by atoms with Crippen molar-refractivity contribution in [1.29, 1.82) is 0 Å². The lowest BCUT2D eigenvalue weighted by molar-refractivity contribution is 0.210. The van der Waals surface area contributed by atoms with Gasteiger partial charge in [0.15, 0.2) is 0 Å². The number of anilines is 3. The number of benzene rings is 2. The van der Waals surface area contributed by atoms with Crippen LogP contribution in [0, 0.1) is 0 Å². The maximum Gasteiger partial charge on any atom is 0.229 e. The molecule has 3 rings (SSSR count). The molecule has 1 heterocycles. The molecule has 0 fully saturated rings. The van der Waals surface area contributed by atoms with Crippen LogP contribution < -0.4 is 10.6 Å². The average molecular weight is 362 g/mol. The molecule has 0 saturated heterocycles. The summed E-state index contributed by atoms with van der Waals surface area (Å²) in [6, 6.07) is 20.3. The minimum Gasteiger partial charge on any atom is -0.383 e. The highest BCUT2D eigenvalue weighted by molar-refractivity contribution is 5.67. The minimum atomic E-state index is 0.408. The Morgan fingerprint density at radius 3 is 2.44 bits per heavy atom. The highest BCUT2D eigenvalue weighted by Gasteiger charge is 2.10. The molecule has 0 unspecified atom stereocenters. The zero-order chi connectivity index (χ0) is 19.1. The number of nitrogens with zero attached hydrogens (tertiary/aromatic N) is 2. The Kier molecular flexibility index (Phi) is 6.39. The van der Waals surface area contributed by atoms with E-state index in [4.69, 9.17) is 9.72 Å². The van der Waals surface area contributed by atoms with E-state index in [9.17, 15) is 0 Å². The number of nitrogens with one attached hydrogen (secondary N) is 2. The van der Waals surface area contributed by atoms with Crippen LogP contribution in [0.25, 0.3) is 11.3 Å². The van der Waals surface area contributed by atoms with Crippen molar-refractivity contribution in [2.24, 2.45) is 0 Å². The number of methoxy groups -OCH3 is 1. The molecule has 0 aliphatic heterocycles. The van der Waals surface area contributed by atoms with E-state index in [0.717, 1.165) is 22.8 Å². The van der Waals surface area contributed by atoms with Crippen LogP contribution in [-0.4, -0.2) is 30.2 Å². The summed E-state index contributed by atoms with van der Waals surface area (Å²) in [5, 5.41) is 6.70. The zero-order valence-electron chi connectivity index (χ0n) is 16.1. The van der Waals surface area contributed by atoms with E-state index in [0.29, 0.717) is 25.0 Å². The van der Waals surface area contributed by atoms with E-state index in [-0.39, 0.29) is 0 Å². The second kappa shape index (κ2) is 9.14. The van der Waals surface area contributed by atoms with Gasteiger partial charge in [0.2, 0.25) is 5.95 Å². The molecule has 0 aliphatic carbocycles. The van der Waals surface area contributed by atoms with Crippen molar-refractivity contribution in [3.8, 4) is 11.3 Å². The third-order valence-corrected chi connectivity index (χ3v) is 4.24. The maximum absolute atomic E-state index is 5.12. The smallest absolute Gasteiger partial charge is 0.229 e. The molecule has 3 aromatic rings. The summed E-state index contributed by atoms with van der Waals surface area (Å²) in [5.41, 5.74) is 4.19. The Morgan fingerprint density at radius 2 is 1.70 bits per heavy atom. The molecule has 0 saturated carbocycles. The largest absolute Gasteiger partial charge is 0.383 e. The van der Waals surface area contributed by atoms with E-state index in [1.165, 1.54) is 5.56 Å². The topological polar surface area (TPSA) is 59.1 Å². The Labute approximate surface area is 160 Å². The van der Waals surface area contributed by atoms with Gasteiger partial charge in [-0.15, -0.1) is 0 Å². The van der Waals surface area contributed by atoms with Crippen LogP contribution in [0.1, 0.15) is 25.3 Å². The van der Waals surface area contributed by atoms with Gasteiger partial charge in [-0.25, -0.2) is 4.98 Å². The molecule has 27 heavy (non-hydrogen) atoms. The summed E-state index contributed by atoms with van der Waals surface area (Å²) in [6.07, 6.45) is 0. The Hall–Kier alpha value is -2.92. The van der Waals surface area contributed by atoms with E-state index >= 15 is 0 Å². The monoisotopic (exact) mass is 362 g/mol. The summed E-state index contributed by atoms with van der Waals surface area (Å²) < 4.78 is 5.12. The van der Waals surface area contributed by atoms with Crippen molar-refractivity contribution in [2.75, 3.05) is 30.9 Å². The first-order valence-corrected chi connectivity index (χ1v) is 9.20. The van der Waals surface area contributed by atoms with Crippen molar-refractivity contribution in [1.82, 2.24) is 9.97 Å². The van der Waals surface area contributed by atoms with Gasteiger partial charge in [0.1, 0.15) is 5.82 Å². The van der Waals surface area contributed by atoms with Crippen LogP contribution in [0.3, 0.4) is 0 Å². The molecule has 0 bridgehead atoms. The summed E-state index contributed by atoms with van der Waals surface area (Å²) >= 11 is 0. The SMILES string of the molecule is COCCNc1cc(-c2ccccc2)nc(Nc2ccccc2C(C)C)n1. The normalized spacial score (nSPS) is 10.8. The Morgan fingerprint density at radius 1 is 0.963 bits per heavy atom. The predicted molar refractivity (Wildman–Crippen MR) is 112 cm³/mol. The molecule has 5 nitrogen and oxygen atoms in total. The molecule has 1 aromatic heterocycles. The Bertz CT molecular complexity index is 865. The van der Waals surface area contributed by atoms with Crippen LogP contribution >= 0.6 is 0 Å². The summed E-state index contributed by atoms with van der Waals surface area (Å²) in [5.74, 6) is 1.75. The predicted octanol–water partition coefficient (Wildman–Crippen LogP) is 5.07. The molecular weight excluding hydrogens is 336 g/mol. The molecule has 0 aliphatic rings. The third kappa shape index (κ3) is 5.05. The fourth-order valence-corrected chi connectivity index (χ4v) is 2.87. The van der Waals surface area contributed by atoms with Crippen LogP contribution in [-0.2, 0) is 4.74 Å². The second-order valence-electron chi connectivity index (χ2n) is 6.61. The number of para-hydroxylation sites is 1. The number of rotatable bonds is 8. The van der Waals surface area contributed by atoms with Crippen LogP contribution in [0.4, 0.5) is 17.5 Å². The van der Waals surface area contributed by atoms with Crippen LogP contribution in [0.5, 0.6) is 0 Å². The van der Waals surface area contributed by atoms with Gasteiger partial charge in [-0.3, -0.25) is 0 Å². The van der Waals surface area contributed by atoms with Gasteiger partial charge in [-0.05, 0) is 17.5 Å². The standard InChI is InChI=1S/C22H26N4O/c1-16(2)18-11-7-8-12-19(18)24-22-25-20(17-9-5-4-6-10-17)15-21(26-22)23-13-14-27-3/h4-12,15-16H,13-14H2,1-3H3,(H2,23,24,25,26). The van der Waals surface area contributed by atoms with Gasteiger partial charge in [0.05, 0.1) is 12.3 Å². The molecule has 140 valence electrons. The molecule has 0 amide bonds. The number of hydrogen-bond acceptors (Lipinski definition) is 5. The van der Waals surface area contributed by atoms with Crippen molar-refractivity contribution < 1.29 is 4.74 Å². The molecular formula is C22H26N4O. The summed E-state index contributed by atoms with van der Waals surface area (Å²) in [6.45, 7) is 5.66.